The van der Waals surface area contributed by atoms with E-state index in [-0.39, 0.29) is 12.3 Å². The number of Topliss-reactive ketones (excluding diaryl/α,β-unsaturated/α-hetero) is 1. The van der Waals surface area contributed by atoms with Crippen molar-refractivity contribution in [3.63, 3.8) is 0 Å². The van der Waals surface area contributed by atoms with Crippen molar-refractivity contribution in [1.29, 1.82) is 0 Å². The molecule has 0 saturated heterocycles. The van der Waals surface area contributed by atoms with E-state index in [0.717, 1.165) is 34.1 Å². The third-order valence-corrected chi connectivity index (χ3v) is 4.59. The van der Waals surface area contributed by atoms with Gasteiger partial charge in [0.15, 0.2) is 5.78 Å². The highest BCUT2D eigenvalue weighted by molar-refractivity contribution is 6.00. The fourth-order valence-electron chi connectivity index (χ4n) is 3.40. The van der Waals surface area contributed by atoms with Crippen molar-refractivity contribution in [1.82, 2.24) is 4.57 Å². The van der Waals surface area contributed by atoms with Crippen LogP contribution in [0, 0.1) is 13.8 Å². The van der Waals surface area contributed by atoms with Crippen molar-refractivity contribution in [3.8, 4) is 11.5 Å². The summed E-state index contributed by atoms with van der Waals surface area (Å²) in [5.41, 5.74) is 3.83. The third-order valence-electron chi connectivity index (χ3n) is 4.59. The van der Waals surface area contributed by atoms with Crippen LogP contribution in [0.15, 0.2) is 60.7 Å². The van der Waals surface area contributed by atoms with Crippen molar-refractivity contribution < 1.29 is 9.53 Å². The molecule has 0 aliphatic heterocycles. The summed E-state index contributed by atoms with van der Waals surface area (Å²) < 4.78 is 7.98. The first kappa shape index (κ1) is 18.8. The van der Waals surface area contributed by atoms with E-state index in [1.165, 1.54) is 0 Å². The van der Waals surface area contributed by atoms with Gasteiger partial charge in [-0.25, -0.2) is 0 Å². The summed E-state index contributed by atoms with van der Waals surface area (Å²) in [5.74, 6) is 1.66. The minimum Gasteiger partial charge on any atom is -0.457 e. The van der Waals surface area contributed by atoms with Gasteiger partial charge in [0.05, 0.1) is 6.54 Å². The Hall–Kier alpha value is -3.01. The number of ether oxygens (including phenoxy) is 1. The van der Waals surface area contributed by atoms with E-state index in [2.05, 4.69) is 23.7 Å². The lowest BCUT2D eigenvalue weighted by Crippen LogP contribution is -2.15. The summed E-state index contributed by atoms with van der Waals surface area (Å²) >= 11 is 0. The first-order valence-corrected chi connectivity index (χ1v) is 9.24. The van der Waals surface area contributed by atoms with Gasteiger partial charge in [-0.05, 0) is 70.2 Å². The predicted molar refractivity (Wildman–Crippen MR) is 110 cm³/mol. The van der Waals surface area contributed by atoms with Gasteiger partial charge in [-0.15, -0.1) is 0 Å². The highest BCUT2D eigenvalue weighted by atomic mass is 16.5. The number of anilines is 1. The maximum Gasteiger partial charge on any atom is 0.183 e. The number of carbonyl (C=O) groups excluding carboxylic acids is 1. The monoisotopic (exact) mass is 362 g/mol. The van der Waals surface area contributed by atoms with Gasteiger partial charge in [0, 0.05) is 28.7 Å². The number of rotatable bonds is 7. The molecule has 3 aromatic rings. The number of carbonyl (C=O) groups is 1. The van der Waals surface area contributed by atoms with E-state index in [1.54, 1.807) is 0 Å². The van der Waals surface area contributed by atoms with Gasteiger partial charge in [0.25, 0.3) is 0 Å². The number of nitrogens with one attached hydrogen (secondary N) is 1. The van der Waals surface area contributed by atoms with Crippen molar-refractivity contribution in [3.05, 3.63) is 77.6 Å². The predicted octanol–water partition coefficient (Wildman–Crippen LogP) is 5.77. The van der Waals surface area contributed by atoms with Crippen molar-refractivity contribution >= 4 is 11.5 Å². The number of nitrogens with zero attached hydrogens (tertiary/aromatic N) is 1. The van der Waals surface area contributed by atoms with E-state index in [4.69, 9.17) is 4.74 Å². The van der Waals surface area contributed by atoms with Crippen LogP contribution in [0.3, 0.4) is 0 Å². The first-order valence-electron chi connectivity index (χ1n) is 9.24. The average molecular weight is 362 g/mol. The lowest BCUT2D eigenvalue weighted by molar-refractivity contribution is 0.101. The molecule has 0 aliphatic rings. The highest BCUT2D eigenvalue weighted by Gasteiger charge is 2.16. The number of aromatic nitrogens is 1. The minimum atomic E-state index is 0.0969. The van der Waals surface area contributed by atoms with Crippen molar-refractivity contribution in [2.45, 2.75) is 33.7 Å². The van der Waals surface area contributed by atoms with Gasteiger partial charge in [0.1, 0.15) is 11.5 Å². The van der Waals surface area contributed by atoms with Crippen LogP contribution in [0.25, 0.3) is 0 Å². The molecule has 0 aliphatic carbocycles. The molecule has 0 unspecified atom stereocenters. The SMILES string of the molecule is Cc1cc(C(=O)CNc2ccc(Oc3ccccc3)cc2)c(C)n1C(C)C. The van der Waals surface area contributed by atoms with E-state index in [9.17, 15) is 4.79 Å². The number of ketones is 1. The maximum absolute atomic E-state index is 12.6. The Labute approximate surface area is 160 Å². The molecular weight excluding hydrogens is 336 g/mol. The summed E-state index contributed by atoms with van der Waals surface area (Å²) in [5, 5.41) is 3.20. The van der Waals surface area contributed by atoms with Crippen LogP contribution in [-0.4, -0.2) is 16.9 Å². The summed E-state index contributed by atoms with van der Waals surface area (Å²) in [6.07, 6.45) is 0. The molecule has 4 heteroatoms. The molecule has 0 fully saturated rings. The molecule has 1 aromatic heterocycles. The van der Waals surface area contributed by atoms with Gasteiger partial charge in [-0.2, -0.15) is 0 Å². The smallest absolute Gasteiger partial charge is 0.183 e. The summed E-state index contributed by atoms with van der Waals surface area (Å²) in [6, 6.07) is 19.6. The number of para-hydroxylation sites is 1. The Morgan fingerprint density at radius 2 is 1.63 bits per heavy atom. The third kappa shape index (κ3) is 4.40. The molecule has 27 heavy (non-hydrogen) atoms. The molecule has 140 valence electrons. The average Bonchev–Trinajstić information content (AvgIpc) is 2.96. The van der Waals surface area contributed by atoms with Crippen LogP contribution in [0.2, 0.25) is 0 Å². The van der Waals surface area contributed by atoms with E-state index >= 15 is 0 Å². The van der Waals surface area contributed by atoms with Crippen LogP contribution in [-0.2, 0) is 0 Å². The number of benzene rings is 2. The number of hydrogen-bond donors (Lipinski definition) is 1. The van der Waals surface area contributed by atoms with E-state index < -0.39 is 0 Å². The molecule has 1 N–H and O–H groups in total. The lowest BCUT2D eigenvalue weighted by atomic mass is 10.1. The number of hydrogen-bond acceptors (Lipinski definition) is 3. The molecule has 1 heterocycles. The van der Waals surface area contributed by atoms with Gasteiger partial charge < -0.3 is 14.6 Å². The van der Waals surface area contributed by atoms with E-state index in [1.807, 2.05) is 74.5 Å². The molecule has 0 bridgehead atoms. The molecule has 2 aromatic carbocycles. The zero-order valence-corrected chi connectivity index (χ0v) is 16.3. The lowest BCUT2D eigenvalue weighted by Gasteiger charge is -2.13. The Kier molecular flexibility index (Phi) is 5.65. The Morgan fingerprint density at radius 1 is 1.00 bits per heavy atom. The fourth-order valence-corrected chi connectivity index (χ4v) is 3.40. The van der Waals surface area contributed by atoms with Crippen molar-refractivity contribution in [2.75, 3.05) is 11.9 Å². The van der Waals surface area contributed by atoms with Crippen LogP contribution in [0.4, 0.5) is 5.69 Å². The standard InChI is InChI=1S/C23H26N2O2/c1-16(2)25-17(3)14-22(18(25)4)23(26)15-24-19-10-12-21(13-11-19)27-20-8-6-5-7-9-20/h5-14,16,24H,15H2,1-4H3. The second-order valence-corrected chi connectivity index (χ2v) is 6.96. The van der Waals surface area contributed by atoms with Gasteiger partial charge in [0.2, 0.25) is 0 Å². The molecule has 0 spiro atoms. The second-order valence-electron chi connectivity index (χ2n) is 6.96. The van der Waals surface area contributed by atoms with E-state index in [0.29, 0.717) is 6.04 Å². The van der Waals surface area contributed by atoms with Gasteiger partial charge in [-0.3, -0.25) is 4.79 Å². The van der Waals surface area contributed by atoms with Crippen LogP contribution in [0.1, 0.15) is 41.6 Å². The summed E-state index contributed by atoms with van der Waals surface area (Å²) in [7, 11) is 0. The van der Waals surface area contributed by atoms with Crippen LogP contribution >= 0.6 is 0 Å². The highest BCUT2D eigenvalue weighted by Crippen LogP contribution is 2.23. The molecule has 4 nitrogen and oxygen atoms in total. The minimum absolute atomic E-state index is 0.0969. The maximum atomic E-state index is 12.6. The summed E-state index contributed by atoms with van der Waals surface area (Å²) in [6.45, 7) is 8.58. The quantitative estimate of drug-likeness (QED) is 0.542. The van der Waals surface area contributed by atoms with Gasteiger partial charge >= 0.3 is 0 Å². The second kappa shape index (κ2) is 8.12. The Balaban J connectivity index is 1.62. The molecular formula is C23H26N2O2. The molecule has 3 rings (SSSR count). The first-order chi connectivity index (χ1) is 13.0. The van der Waals surface area contributed by atoms with Gasteiger partial charge in [-0.1, -0.05) is 18.2 Å². The summed E-state index contributed by atoms with van der Waals surface area (Å²) in [4.78, 5) is 12.6. The Morgan fingerprint density at radius 3 is 2.22 bits per heavy atom. The largest absolute Gasteiger partial charge is 0.457 e. The molecule has 0 atom stereocenters. The zero-order chi connectivity index (χ0) is 19.4. The normalized spacial score (nSPS) is 10.9. The zero-order valence-electron chi connectivity index (χ0n) is 16.3. The molecule has 0 saturated carbocycles. The Bertz CT molecular complexity index is 910. The fraction of sp³-hybridized carbons (Fsp3) is 0.261. The molecule has 0 amide bonds. The van der Waals surface area contributed by atoms with Crippen molar-refractivity contribution in [2.24, 2.45) is 0 Å². The number of aryl methyl sites for hydroxylation is 1. The van der Waals surface area contributed by atoms with Crippen LogP contribution in [0.5, 0.6) is 11.5 Å². The van der Waals surface area contributed by atoms with Crippen LogP contribution < -0.4 is 10.1 Å². The topological polar surface area (TPSA) is 43.3 Å². The molecule has 0 radical (unpaired) electrons.